The van der Waals surface area contributed by atoms with E-state index in [2.05, 4.69) is 18.7 Å². The number of hydrogen-bond acceptors (Lipinski definition) is 4. The summed E-state index contributed by atoms with van der Waals surface area (Å²) >= 11 is 12.6. The first kappa shape index (κ1) is 26.2. The van der Waals surface area contributed by atoms with Crippen molar-refractivity contribution in [3.63, 3.8) is 0 Å². The molecule has 0 radical (unpaired) electrons. The number of benzene rings is 2. The predicted octanol–water partition coefficient (Wildman–Crippen LogP) is 6.97. The lowest BCUT2D eigenvalue weighted by Gasteiger charge is -2.44. The molecule has 5 nitrogen and oxygen atoms in total. The standard InChI is InChI=1S/C27H32Cl2FNO4/c1-27(2,34-3)25(18-10-19(28)12-20(29)11-18)31-8-6-16(7-9-31)15-35-24-14-23(30)22(26(32)33)13-21(24)17-4-5-17/h10-14,16-17,25H,4-9,15H2,1-3H3,(H,32,33). The lowest BCUT2D eigenvalue weighted by Crippen LogP contribution is -2.47. The molecule has 0 bridgehead atoms. The van der Waals surface area contributed by atoms with E-state index in [1.54, 1.807) is 13.2 Å². The van der Waals surface area contributed by atoms with E-state index in [0.717, 1.165) is 49.9 Å². The zero-order valence-corrected chi connectivity index (χ0v) is 21.8. The van der Waals surface area contributed by atoms with Crippen LogP contribution in [0.3, 0.4) is 0 Å². The highest BCUT2D eigenvalue weighted by Crippen LogP contribution is 2.45. The van der Waals surface area contributed by atoms with E-state index in [1.165, 1.54) is 12.1 Å². The van der Waals surface area contributed by atoms with E-state index in [1.807, 2.05) is 12.1 Å². The van der Waals surface area contributed by atoms with E-state index in [9.17, 15) is 14.3 Å². The Labute approximate surface area is 216 Å². The Morgan fingerprint density at radius 2 is 1.74 bits per heavy atom. The van der Waals surface area contributed by atoms with Crippen LogP contribution >= 0.6 is 23.2 Å². The molecule has 2 aliphatic rings. The lowest BCUT2D eigenvalue weighted by molar-refractivity contribution is -0.0644. The maximum absolute atomic E-state index is 14.3. The lowest BCUT2D eigenvalue weighted by atomic mass is 9.87. The first-order valence-electron chi connectivity index (χ1n) is 12.0. The molecule has 0 aromatic heterocycles. The van der Waals surface area contributed by atoms with Crippen LogP contribution in [0.5, 0.6) is 5.75 Å². The molecular formula is C27H32Cl2FNO4. The van der Waals surface area contributed by atoms with Crippen molar-refractivity contribution in [3.05, 3.63) is 62.9 Å². The molecule has 1 saturated carbocycles. The molecule has 2 aromatic rings. The van der Waals surface area contributed by atoms with Crippen molar-refractivity contribution >= 4 is 29.2 Å². The molecule has 1 aliphatic heterocycles. The molecule has 1 heterocycles. The Balaban J connectivity index is 1.44. The molecule has 1 unspecified atom stereocenters. The molecule has 190 valence electrons. The largest absolute Gasteiger partial charge is 0.493 e. The molecule has 0 spiro atoms. The minimum atomic E-state index is -1.25. The second kappa shape index (κ2) is 10.6. The Bertz CT molecular complexity index is 1060. The first-order chi connectivity index (χ1) is 16.6. The number of nitrogens with zero attached hydrogens (tertiary/aromatic N) is 1. The Morgan fingerprint density at radius 3 is 2.29 bits per heavy atom. The van der Waals surface area contributed by atoms with Crippen LogP contribution in [0, 0.1) is 11.7 Å². The van der Waals surface area contributed by atoms with Gasteiger partial charge in [-0.05, 0) is 99.8 Å². The summed E-state index contributed by atoms with van der Waals surface area (Å²) in [4.78, 5) is 13.7. The van der Waals surface area contributed by atoms with Crippen LogP contribution in [0.25, 0.3) is 0 Å². The second-order valence-corrected chi connectivity index (χ2v) is 11.0. The first-order valence-corrected chi connectivity index (χ1v) is 12.8. The fraction of sp³-hybridized carbons (Fsp3) is 0.519. The highest BCUT2D eigenvalue weighted by atomic mass is 35.5. The Morgan fingerprint density at radius 1 is 1.11 bits per heavy atom. The average Bonchev–Trinajstić information content (AvgIpc) is 3.63. The number of rotatable bonds is 9. The summed E-state index contributed by atoms with van der Waals surface area (Å²) in [7, 11) is 1.71. The number of piperidine rings is 1. The number of ether oxygens (including phenoxy) is 2. The number of aromatic carboxylic acids is 1. The highest BCUT2D eigenvalue weighted by molar-refractivity contribution is 6.34. The van der Waals surface area contributed by atoms with Crippen LogP contribution in [0.2, 0.25) is 10.0 Å². The summed E-state index contributed by atoms with van der Waals surface area (Å²) in [6.07, 6.45) is 3.78. The van der Waals surface area contributed by atoms with Gasteiger partial charge < -0.3 is 14.6 Å². The molecule has 0 amide bonds. The molecule has 35 heavy (non-hydrogen) atoms. The van der Waals surface area contributed by atoms with Gasteiger partial charge >= 0.3 is 5.97 Å². The van der Waals surface area contributed by atoms with Gasteiger partial charge in [-0.15, -0.1) is 0 Å². The van der Waals surface area contributed by atoms with Gasteiger partial charge in [0.15, 0.2) is 0 Å². The maximum atomic E-state index is 14.3. The third kappa shape index (κ3) is 6.11. The molecule has 1 atom stereocenters. The predicted molar refractivity (Wildman–Crippen MR) is 135 cm³/mol. The fourth-order valence-corrected chi connectivity index (χ4v) is 5.60. The number of halogens is 3. The van der Waals surface area contributed by atoms with E-state index >= 15 is 0 Å². The summed E-state index contributed by atoms with van der Waals surface area (Å²) in [5.74, 6) is -0.958. The normalized spacial score (nSPS) is 18.5. The van der Waals surface area contributed by atoms with Crippen molar-refractivity contribution < 1.29 is 23.8 Å². The monoisotopic (exact) mass is 523 g/mol. The fourth-order valence-electron chi connectivity index (χ4n) is 5.06. The van der Waals surface area contributed by atoms with Gasteiger partial charge in [0.05, 0.1) is 23.8 Å². The molecule has 2 aromatic carbocycles. The van der Waals surface area contributed by atoms with E-state index < -0.39 is 17.4 Å². The third-order valence-electron chi connectivity index (χ3n) is 7.22. The minimum absolute atomic E-state index is 0.0234. The van der Waals surface area contributed by atoms with E-state index in [-0.39, 0.29) is 17.5 Å². The summed E-state index contributed by atoms with van der Waals surface area (Å²) < 4.78 is 26.3. The van der Waals surface area contributed by atoms with Gasteiger partial charge in [0.25, 0.3) is 0 Å². The Hall–Kier alpha value is -1.86. The number of carboxylic acids is 1. The number of hydrogen-bond donors (Lipinski definition) is 1. The van der Waals surface area contributed by atoms with Crippen molar-refractivity contribution in [3.8, 4) is 5.75 Å². The van der Waals surface area contributed by atoms with Crippen molar-refractivity contribution in [2.24, 2.45) is 5.92 Å². The van der Waals surface area contributed by atoms with Crippen LogP contribution in [0.15, 0.2) is 30.3 Å². The van der Waals surface area contributed by atoms with Gasteiger partial charge in [0, 0.05) is 23.2 Å². The van der Waals surface area contributed by atoms with Crippen LogP contribution in [-0.4, -0.2) is 48.4 Å². The van der Waals surface area contributed by atoms with Gasteiger partial charge in [-0.2, -0.15) is 0 Å². The highest BCUT2D eigenvalue weighted by Gasteiger charge is 2.38. The van der Waals surface area contributed by atoms with Crippen LogP contribution < -0.4 is 4.74 Å². The number of carboxylic acid groups (broad SMARTS) is 1. The quantitative estimate of drug-likeness (QED) is 0.384. The minimum Gasteiger partial charge on any atom is -0.493 e. The zero-order valence-electron chi connectivity index (χ0n) is 20.3. The zero-order chi connectivity index (χ0) is 25.3. The van der Waals surface area contributed by atoms with Crippen LogP contribution in [0.4, 0.5) is 4.39 Å². The van der Waals surface area contributed by atoms with Gasteiger partial charge in [-0.3, -0.25) is 4.90 Å². The van der Waals surface area contributed by atoms with Crippen LogP contribution in [0.1, 0.15) is 73.0 Å². The summed E-state index contributed by atoms with van der Waals surface area (Å²) in [5.41, 5.74) is 1.08. The summed E-state index contributed by atoms with van der Waals surface area (Å²) in [6.45, 7) is 6.29. The molecule has 1 N–H and O–H groups in total. The summed E-state index contributed by atoms with van der Waals surface area (Å²) in [5, 5.41) is 10.5. The van der Waals surface area contributed by atoms with Gasteiger partial charge in [0.2, 0.25) is 0 Å². The van der Waals surface area contributed by atoms with Crippen LogP contribution in [-0.2, 0) is 4.74 Å². The van der Waals surface area contributed by atoms with Crippen molar-refractivity contribution in [2.45, 2.75) is 57.1 Å². The molecule has 4 rings (SSSR count). The second-order valence-electron chi connectivity index (χ2n) is 10.2. The smallest absolute Gasteiger partial charge is 0.338 e. The molecule has 8 heteroatoms. The average molecular weight is 524 g/mol. The maximum Gasteiger partial charge on any atom is 0.338 e. The van der Waals surface area contributed by atoms with Crippen molar-refractivity contribution in [1.29, 1.82) is 0 Å². The van der Waals surface area contributed by atoms with E-state index in [0.29, 0.717) is 28.3 Å². The van der Waals surface area contributed by atoms with Gasteiger partial charge in [-0.1, -0.05) is 23.2 Å². The number of likely N-dealkylation sites (tertiary alicyclic amines) is 1. The van der Waals surface area contributed by atoms with Gasteiger partial charge in [0.1, 0.15) is 11.6 Å². The topological polar surface area (TPSA) is 59.0 Å². The van der Waals surface area contributed by atoms with Crippen molar-refractivity contribution in [2.75, 3.05) is 26.8 Å². The number of methoxy groups -OCH3 is 1. The summed E-state index contributed by atoms with van der Waals surface area (Å²) in [6, 6.07) is 8.29. The molecular weight excluding hydrogens is 492 g/mol. The van der Waals surface area contributed by atoms with Crippen molar-refractivity contribution in [1.82, 2.24) is 4.90 Å². The molecule has 1 aliphatic carbocycles. The van der Waals surface area contributed by atoms with E-state index in [4.69, 9.17) is 32.7 Å². The number of carbonyl (C=O) groups is 1. The Kier molecular flexibility index (Phi) is 7.96. The molecule has 1 saturated heterocycles. The molecule has 2 fully saturated rings. The van der Waals surface area contributed by atoms with Gasteiger partial charge in [-0.25, -0.2) is 9.18 Å². The SMILES string of the molecule is COC(C)(C)C(c1cc(Cl)cc(Cl)c1)N1CCC(COc2cc(F)c(C(=O)O)cc2C2CC2)CC1. The third-order valence-corrected chi connectivity index (χ3v) is 7.66.